The Morgan fingerprint density at radius 1 is 0.897 bits per heavy atom. The average molecular weight is 413 g/mol. The van der Waals surface area contributed by atoms with Crippen molar-refractivity contribution >= 4 is 9.84 Å². The van der Waals surface area contributed by atoms with E-state index in [0.717, 1.165) is 22.3 Å². The van der Waals surface area contributed by atoms with Gasteiger partial charge in [-0.05, 0) is 54.2 Å². The summed E-state index contributed by atoms with van der Waals surface area (Å²) in [5.41, 5.74) is 5.54. The van der Waals surface area contributed by atoms with Gasteiger partial charge in [0, 0.05) is 17.2 Å². The lowest BCUT2D eigenvalue weighted by molar-refractivity contribution is 0.392. The highest BCUT2D eigenvalue weighted by molar-refractivity contribution is 7.90. The zero-order valence-corrected chi connectivity index (χ0v) is 18.7. The molecule has 2 aliphatic rings. The van der Waals surface area contributed by atoms with E-state index in [1.807, 2.05) is 19.9 Å². The second-order valence-electron chi connectivity index (χ2n) is 7.73. The first-order valence-electron chi connectivity index (χ1n) is 9.65. The number of aryl methyl sites for hydroxylation is 2. The van der Waals surface area contributed by atoms with E-state index >= 15 is 0 Å². The Balaban J connectivity index is 2.12. The van der Waals surface area contributed by atoms with Crippen LogP contribution in [0.15, 0.2) is 47.4 Å². The van der Waals surface area contributed by atoms with Gasteiger partial charge in [-0.1, -0.05) is 38.1 Å². The highest BCUT2D eigenvalue weighted by Crippen LogP contribution is 2.40. The molecule has 1 aromatic rings. The Labute approximate surface area is 173 Å². The van der Waals surface area contributed by atoms with Gasteiger partial charge < -0.3 is 9.47 Å². The van der Waals surface area contributed by atoms with E-state index in [9.17, 15) is 8.42 Å². The number of ether oxygens (including phenoxy) is 2. The molecule has 1 aromatic carbocycles. The number of methoxy groups -OCH3 is 2. The van der Waals surface area contributed by atoms with Crippen molar-refractivity contribution in [1.82, 2.24) is 0 Å². The van der Waals surface area contributed by atoms with Gasteiger partial charge in [-0.25, -0.2) is 8.42 Å². The van der Waals surface area contributed by atoms with Crippen LogP contribution in [0.3, 0.4) is 0 Å². The Morgan fingerprint density at radius 3 is 2.24 bits per heavy atom. The van der Waals surface area contributed by atoms with Gasteiger partial charge in [0.05, 0.1) is 24.9 Å². The zero-order chi connectivity index (χ0) is 21.3. The molecule has 0 unspecified atom stereocenters. The van der Waals surface area contributed by atoms with Crippen LogP contribution >= 0.6 is 0 Å². The molecule has 0 radical (unpaired) electrons. The van der Waals surface area contributed by atoms with Gasteiger partial charge in [-0.15, -0.1) is 0 Å². The maximum absolute atomic E-state index is 13.4. The van der Waals surface area contributed by atoms with Crippen LogP contribution in [0.2, 0.25) is 0 Å². The second-order valence-corrected chi connectivity index (χ2v) is 9.69. The molecule has 0 N–H and O–H groups in total. The summed E-state index contributed by atoms with van der Waals surface area (Å²) in [6, 6.07) is 13.2. The van der Waals surface area contributed by atoms with Crippen LogP contribution in [0.25, 0.3) is 11.1 Å². The molecular formula is C24H28O4S. The molecule has 0 spiro atoms. The molecule has 2 aliphatic carbocycles. The topological polar surface area (TPSA) is 52.6 Å². The van der Waals surface area contributed by atoms with Crippen LogP contribution in [0.4, 0.5) is 0 Å². The molecule has 5 heteroatoms. The van der Waals surface area contributed by atoms with E-state index in [0.29, 0.717) is 27.9 Å². The third-order valence-corrected chi connectivity index (χ3v) is 7.04. The number of fused-ring (bicyclic) bond motifs is 1. The van der Waals surface area contributed by atoms with Crippen LogP contribution in [-0.4, -0.2) is 22.6 Å². The third kappa shape index (κ3) is 4.10. The van der Waals surface area contributed by atoms with Crippen LogP contribution in [-0.2, 0) is 15.6 Å². The summed E-state index contributed by atoms with van der Waals surface area (Å²) in [5.74, 6) is 1.36. The normalized spacial score (nSPS) is 11.8. The molecular weight excluding hydrogens is 384 g/mol. The smallest absolute Gasteiger partial charge is 0.183 e. The van der Waals surface area contributed by atoms with E-state index in [-0.39, 0.29) is 5.75 Å². The van der Waals surface area contributed by atoms with Crippen molar-refractivity contribution in [2.45, 2.75) is 44.3 Å². The summed E-state index contributed by atoms with van der Waals surface area (Å²) < 4.78 is 37.5. The van der Waals surface area contributed by atoms with E-state index in [4.69, 9.17) is 9.47 Å². The molecule has 0 saturated carbocycles. The number of sulfone groups is 1. The molecule has 0 atom stereocenters. The Morgan fingerprint density at radius 2 is 1.62 bits per heavy atom. The maximum Gasteiger partial charge on any atom is 0.183 e. The van der Waals surface area contributed by atoms with Crippen LogP contribution < -0.4 is 9.47 Å². The molecule has 154 valence electrons. The minimum atomic E-state index is -3.58. The summed E-state index contributed by atoms with van der Waals surface area (Å²) >= 11 is 0. The fourth-order valence-electron chi connectivity index (χ4n) is 3.65. The van der Waals surface area contributed by atoms with Crippen molar-refractivity contribution in [1.29, 1.82) is 0 Å². The van der Waals surface area contributed by atoms with Crippen molar-refractivity contribution in [3.05, 3.63) is 64.7 Å². The quantitative estimate of drug-likeness (QED) is 0.535. The number of hydrogen-bond acceptors (Lipinski definition) is 4. The number of benzene rings is 1. The lowest BCUT2D eigenvalue weighted by Gasteiger charge is -2.12. The van der Waals surface area contributed by atoms with E-state index in [1.165, 1.54) is 12.7 Å². The fourth-order valence-corrected chi connectivity index (χ4v) is 5.39. The first kappa shape index (κ1) is 21.2. The summed E-state index contributed by atoms with van der Waals surface area (Å²) in [6.07, 6.45) is 0. The highest BCUT2D eigenvalue weighted by Gasteiger charge is 2.27. The molecule has 0 heterocycles. The first-order valence-corrected chi connectivity index (χ1v) is 11.3. The molecule has 3 rings (SSSR count). The van der Waals surface area contributed by atoms with Gasteiger partial charge in [0.2, 0.25) is 0 Å². The average Bonchev–Trinajstić information content (AvgIpc) is 2.91. The van der Waals surface area contributed by atoms with Gasteiger partial charge in [0.25, 0.3) is 0 Å². The monoisotopic (exact) mass is 412 g/mol. The van der Waals surface area contributed by atoms with Crippen molar-refractivity contribution in [3.63, 3.8) is 0 Å². The molecule has 0 aromatic heterocycles. The van der Waals surface area contributed by atoms with Gasteiger partial charge in [0.1, 0.15) is 11.5 Å². The second kappa shape index (κ2) is 8.07. The Hall–Kier alpha value is -2.53. The minimum absolute atomic E-state index is 0.131. The lowest BCUT2D eigenvalue weighted by atomic mass is 10.0. The van der Waals surface area contributed by atoms with Gasteiger partial charge >= 0.3 is 0 Å². The molecule has 0 bridgehead atoms. The van der Waals surface area contributed by atoms with E-state index < -0.39 is 9.84 Å². The summed E-state index contributed by atoms with van der Waals surface area (Å²) in [6.45, 7) is 8.22. The van der Waals surface area contributed by atoms with Crippen LogP contribution in [0.1, 0.15) is 42.0 Å². The molecule has 0 aliphatic heterocycles. The van der Waals surface area contributed by atoms with Crippen LogP contribution in [0.5, 0.6) is 11.5 Å². The zero-order valence-electron chi connectivity index (χ0n) is 17.9. The summed E-state index contributed by atoms with van der Waals surface area (Å²) in [4.78, 5) is 0.381. The SMILES string of the molecule is COc1ccc(CS(=O)(=O)c2cc(C)c3cc(C(C)C)ccc(C)c2-3)c(OC)c1. The first-order chi connectivity index (χ1) is 13.7. The van der Waals surface area contributed by atoms with Crippen molar-refractivity contribution in [3.8, 4) is 22.6 Å². The van der Waals surface area contributed by atoms with E-state index in [2.05, 4.69) is 26.0 Å². The van der Waals surface area contributed by atoms with Gasteiger partial charge in [-0.2, -0.15) is 0 Å². The Bertz CT molecular complexity index is 1110. The molecule has 0 fully saturated rings. The molecule has 0 amide bonds. The standard InChI is InChI=1S/C24H28O4S/c1-15(2)18-8-7-16(3)24-21(12-18)17(4)11-23(24)29(25,26)14-19-9-10-20(27-5)13-22(19)28-6/h7-13,15H,14H2,1-6H3. The lowest BCUT2D eigenvalue weighted by Crippen LogP contribution is -2.07. The van der Waals surface area contributed by atoms with Gasteiger partial charge in [0.15, 0.2) is 9.84 Å². The van der Waals surface area contributed by atoms with Crippen molar-refractivity contribution in [2.75, 3.05) is 14.2 Å². The molecule has 0 saturated heterocycles. The molecule has 4 nitrogen and oxygen atoms in total. The van der Waals surface area contributed by atoms with E-state index in [1.54, 1.807) is 31.4 Å². The Kier molecular flexibility index (Phi) is 5.90. The largest absolute Gasteiger partial charge is 0.497 e. The summed E-state index contributed by atoms with van der Waals surface area (Å²) in [5, 5.41) is 0. The third-order valence-electron chi connectivity index (χ3n) is 5.36. The minimum Gasteiger partial charge on any atom is -0.497 e. The predicted molar refractivity (Wildman–Crippen MR) is 117 cm³/mol. The van der Waals surface area contributed by atoms with Crippen molar-refractivity contribution < 1.29 is 17.9 Å². The number of hydrogen-bond donors (Lipinski definition) is 0. The fraction of sp³-hybridized carbons (Fsp3) is 0.333. The number of rotatable bonds is 6. The maximum atomic E-state index is 13.4. The van der Waals surface area contributed by atoms with Crippen molar-refractivity contribution in [2.24, 2.45) is 0 Å². The summed E-state index contributed by atoms with van der Waals surface area (Å²) in [7, 11) is -0.478. The highest BCUT2D eigenvalue weighted by atomic mass is 32.2. The molecule has 29 heavy (non-hydrogen) atoms. The van der Waals surface area contributed by atoms with Gasteiger partial charge in [-0.3, -0.25) is 0 Å². The predicted octanol–water partition coefficient (Wildman–Crippen LogP) is 5.52. The van der Waals surface area contributed by atoms with Crippen LogP contribution in [0, 0.1) is 13.8 Å².